The molecule has 5 nitrogen and oxygen atoms in total. The molecule has 0 unspecified atom stereocenters. The minimum atomic E-state index is -0.437. The van der Waals surface area contributed by atoms with Crippen molar-refractivity contribution < 1.29 is 9.21 Å². The molecule has 6 heteroatoms. The van der Waals surface area contributed by atoms with E-state index in [0.717, 1.165) is 15.4 Å². The lowest BCUT2D eigenvalue weighted by molar-refractivity contribution is -0.132. The Labute approximate surface area is 164 Å². The molecule has 2 heterocycles. The maximum atomic E-state index is 12.5. The summed E-state index contributed by atoms with van der Waals surface area (Å²) >= 11 is 3.43. The molecule has 1 aliphatic rings. The fourth-order valence-corrected chi connectivity index (χ4v) is 3.54. The van der Waals surface area contributed by atoms with E-state index in [2.05, 4.69) is 21.0 Å². The van der Waals surface area contributed by atoms with Gasteiger partial charge in [-0.1, -0.05) is 53.2 Å². The van der Waals surface area contributed by atoms with Crippen molar-refractivity contribution in [3.05, 3.63) is 80.6 Å². The second-order valence-electron chi connectivity index (χ2n) is 6.40. The predicted molar refractivity (Wildman–Crippen MR) is 108 cm³/mol. The van der Waals surface area contributed by atoms with E-state index in [9.17, 15) is 9.59 Å². The van der Waals surface area contributed by atoms with Crippen LogP contribution in [0.1, 0.15) is 36.9 Å². The molecule has 0 spiro atoms. The van der Waals surface area contributed by atoms with E-state index in [1.807, 2.05) is 42.5 Å². The van der Waals surface area contributed by atoms with Crippen molar-refractivity contribution in [1.82, 2.24) is 5.01 Å². The van der Waals surface area contributed by atoms with Gasteiger partial charge in [-0.05, 0) is 29.8 Å². The minimum Gasteiger partial charge on any atom is -0.422 e. The molecular weight excluding hydrogens is 408 g/mol. The Bertz CT molecular complexity index is 1100. The number of hydrogen-bond donors (Lipinski definition) is 0. The maximum Gasteiger partial charge on any atom is 0.345 e. The fourth-order valence-electron chi connectivity index (χ4n) is 3.27. The predicted octanol–water partition coefficient (Wildman–Crippen LogP) is 4.64. The van der Waals surface area contributed by atoms with Crippen LogP contribution in [0.4, 0.5) is 0 Å². The lowest BCUT2D eigenvalue weighted by atomic mass is 9.98. The van der Waals surface area contributed by atoms with Crippen molar-refractivity contribution in [2.45, 2.75) is 25.8 Å². The monoisotopic (exact) mass is 424 g/mol. The van der Waals surface area contributed by atoms with Gasteiger partial charge in [-0.3, -0.25) is 4.79 Å². The summed E-state index contributed by atoms with van der Waals surface area (Å²) in [4.78, 5) is 24.9. The van der Waals surface area contributed by atoms with Crippen LogP contribution in [0, 0.1) is 0 Å². The number of carbonyl (C=O) groups is 1. The van der Waals surface area contributed by atoms with Gasteiger partial charge in [0.2, 0.25) is 5.91 Å². The summed E-state index contributed by atoms with van der Waals surface area (Å²) in [5.41, 5.74) is 2.05. The number of amides is 1. The average molecular weight is 425 g/mol. The second-order valence-corrected chi connectivity index (χ2v) is 7.31. The number of fused-ring (bicyclic) bond motifs is 1. The van der Waals surface area contributed by atoms with E-state index in [-0.39, 0.29) is 11.9 Å². The highest BCUT2D eigenvalue weighted by Crippen LogP contribution is 2.33. The van der Waals surface area contributed by atoms with Gasteiger partial charge in [0.15, 0.2) is 0 Å². The van der Waals surface area contributed by atoms with Crippen LogP contribution in [0.15, 0.2) is 73.4 Å². The van der Waals surface area contributed by atoms with Gasteiger partial charge < -0.3 is 4.42 Å². The van der Waals surface area contributed by atoms with E-state index < -0.39 is 5.63 Å². The van der Waals surface area contributed by atoms with Crippen molar-refractivity contribution in [3.63, 3.8) is 0 Å². The standard InChI is InChI=1S/C21H17BrN2O3/c1-2-20(25)24-18(13-7-9-15(22)10-8-13)12-17(23-24)16-11-14-5-3-4-6-19(14)27-21(16)26/h3-11,18H,2,12H2,1H3/t18-/m0/s1. The normalized spacial score (nSPS) is 16.6. The molecule has 1 aliphatic heterocycles. The number of rotatable bonds is 3. The third kappa shape index (κ3) is 3.32. The van der Waals surface area contributed by atoms with Gasteiger partial charge >= 0.3 is 5.63 Å². The molecule has 27 heavy (non-hydrogen) atoms. The molecule has 1 atom stereocenters. The van der Waals surface area contributed by atoms with E-state index in [1.54, 1.807) is 19.1 Å². The van der Waals surface area contributed by atoms with Crippen molar-refractivity contribution in [2.24, 2.45) is 5.10 Å². The van der Waals surface area contributed by atoms with Crippen LogP contribution in [0.3, 0.4) is 0 Å². The molecular formula is C21H17BrN2O3. The summed E-state index contributed by atoms with van der Waals surface area (Å²) in [5, 5.41) is 6.83. The van der Waals surface area contributed by atoms with Crippen LogP contribution in [0.5, 0.6) is 0 Å². The molecule has 0 radical (unpaired) electrons. The van der Waals surface area contributed by atoms with Crippen molar-refractivity contribution in [3.8, 4) is 0 Å². The minimum absolute atomic E-state index is 0.0805. The maximum absolute atomic E-state index is 12.5. The summed E-state index contributed by atoms with van der Waals surface area (Å²) in [6.07, 6.45) is 0.812. The van der Waals surface area contributed by atoms with E-state index in [0.29, 0.717) is 29.7 Å². The SMILES string of the molecule is CCC(=O)N1N=C(c2cc3ccccc3oc2=O)C[C@H]1c1ccc(Br)cc1. The first-order chi connectivity index (χ1) is 13.1. The van der Waals surface area contributed by atoms with Crippen LogP contribution in [0.25, 0.3) is 11.0 Å². The van der Waals surface area contributed by atoms with Crippen LogP contribution < -0.4 is 5.63 Å². The summed E-state index contributed by atoms with van der Waals surface area (Å²) in [5.74, 6) is -0.0805. The Morgan fingerprint density at radius 2 is 1.96 bits per heavy atom. The largest absolute Gasteiger partial charge is 0.422 e. The Morgan fingerprint density at radius 1 is 1.22 bits per heavy atom. The number of para-hydroxylation sites is 1. The Morgan fingerprint density at radius 3 is 2.70 bits per heavy atom. The molecule has 0 saturated heterocycles. The van der Waals surface area contributed by atoms with Gasteiger partial charge in [0.25, 0.3) is 0 Å². The van der Waals surface area contributed by atoms with Gasteiger partial charge in [-0.2, -0.15) is 5.10 Å². The molecule has 0 bridgehead atoms. The zero-order valence-corrected chi connectivity index (χ0v) is 16.3. The Hall–Kier alpha value is -2.73. The first kappa shape index (κ1) is 17.7. The van der Waals surface area contributed by atoms with Gasteiger partial charge in [-0.15, -0.1) is 0 Å². The highest BCUT2D eigenvalue weighted by atomic mass is 79.9. The van der Waals surface area contributed by atoms with Gasteiger partial charge in [0, 0.05) is 22.7 Å². The van der Waals surface area contributed by atoms with Gasteiger partial charge in [-0.25, -0.2) is 9.80 Å². The topological polar surface area (TPSA) is 62.9 Å². The van der Waals surface area contributed by atoms with E-state index >= 15 is 0 Å². The molecule has 0 aliphatic carbocycles. The molecule has 0 saturated carbocycles. The smallest absolute Gasteiger partial charge is 0.345 e. The second kappa shape index (κ2) is 7.12. The zero-order chi connectivity index (χ0) is 19.0. The third-order valence-corrected chi connectivity index (χ3v) is 5.20. The van der Waals surface area contributed by atoms with Crippen molar-refractivity contribution in [2.75, 3.05) is 0 Å². The molecule has 1 aromatic heterocycles. The van der Waals surface area contributed by atoms with Crippen LogP contribution in [-0.4, -0.2) is 16.6 Å². The quantitative estimate of drug-likeness (QED) is 0.575. The van der Waals surface area contributed by atoms with Crippen LogP contribution in [-0.2, 0) is 4.79 Å². The number of nitrogens with zero attached hydrogens (tertiary/aromatic N) is 2. The number of hydrogen-bond acceptors (Lipinski definition) is 4. The summed E-state index contributed by atoms with van der Waals surface area (Å²) in [7, 11) is 0. The summed E-state index contributed by atoms with van der Waals surface area (Å²) in [6.45, 7) is 1.80. The summed E-state index contributed by atoms with van der Waals surface area (Å²) in [6, 6.07) is 16.7. The molecule has 2 aromatic carbocycles. The molecule has 1 amide bonds. The highest BCUT2D eigenvalue weighted by Gasteiger charge is 2.33. The highest BCUT2D eigenvalue weighted by molar-refractivity contribution is 9.10. The van der Waals surface area contributed by atoms with Crippen molar-refractivity contribution in [1.29, 1.82) is 0 Å². The molecule has 3 aromatic rings. The number of carbonyl (C=O) groups excluding carboxylic acids is 1. The lowest BCUT2D eigenvalue weighted by Crippen LogP contribution is -2.26. The molecule has 0 N–H and O–H groups in total. The van der Waals surface area contributed by atoms with Gasteiger partial charge in [0.1, 0.15) is 5.58 Å². The summed E-state index contributed by atoms with van der Waals surface area (Å²) < 4.78 is 6.40. The Balaban J connectivity index is 1.77. The lowest BCUT2D eigenvalue weighted by Gasteiger charge is -2.21. The molecule has 136 valence electrons. The van der Waals surface area contributed by atoms with Crippen molar-refractivity contribution >= 4 is 38.5 Å². The number of benzene rings is 2. The van der Waals surface area contributed by atoms with Gasteiger partial charge in [0.05, 0.1) is 17.3 Å². The molecule has 4 rings (SSSR count). The van der Waals surface area contributed by atoms with E-state index in [1.165, 1.54) is 5.01 Å². The zero-order valence-electron chi connectivity index (χ0n) is 14.7. The first-order valence-electron chi connectivity index (χ1n) is 8.75. The number of halogens is 1. The first-order valence-corrected chi connectivity index (χ1v) is 9.54. The fraction of sp³-hybridized carbons (Fsp3) is 0.190. The Kier molecular flexibility index (Phi) is 4.66. The average Bonchev–Trinajstić information content (AvgIpc) is 3.12. The van der Waals surface area contributed by atoms with Crippen LogP contribution >= 0.6 is 15.9 Å². The molecule has 0 fully saturated rings. The number of hydrazone groups is 1. The van der Waals surface area contributed by atoms with Crippen LogP contribution in [0.2, 0.25) is 0 Å². The van der Waals surface area contributed by atoms with E-state index in [4.69, 9.17) is 4.42 Å². The third-order valence-electron chi connectivity index (χ3n) is 4.68.